The summed E-state index contributed by atoms with van der Waals surface area (Å²) < 4.78 is 0.537. The van der Waals surface area contributed by atoms with Crippen LogP contribution in [0.4, 0.5) is 4.79 Å². The van der Waals surface area contributed by atoms with Crippen LogP contribution in [0.15, 0.2) is 12.2 Å². The molecule has 0 atom stereocenters. The van der Waals surface area contributed by atoms with E-state index in [1.54, 1.807) is 13.8 Å². The summed E-state index contributed by atoms with van der Waals surface area (Å²) >= 11 is 0. The Hall–Kier alpha value is -2.24. The predicted molar refractivity (Wildman–Crippen MR) is 91.1 cm³/mol. The summed E-state index contributed by atoms with van der Waals surface area (Å²) in [6, 6.07) is -0.341. The monoisotopic (exact) mass is 316 g/mol. The highest BCUT2D eigenvalue weighted by Crippen LogP contribution is 2.18. The number of carbonyl (C=O) groups is 2. The number of terminal acetylenes is 2. The number of hydrogen-bond acceptors (Lipinski definition) is 2. The van der Waals surface area contributed by atoms with E-state index < -0.39 is 5.54 Å². The number of imide groups is 1. The van der Waals surface area contributed by atoms with Crippen molar-refractivity contribution in [3.05, 3.63) is 12.2 Å². The summed E-state index contributed by atoms with van der Waals surface area (Å²) in [5, 5.41) is 2.68. The van der Waals surface area contributed by atoms with Gasteiger partial charge in [0.2, 0.25) is 0 Å². The van der Waals surface area contributed by atoms with Crippen LogP contribution in [0.25, 0.3) is 0 Å². The number of hydrogen-bond donors (Lipinski definition) is 1. The number of amides is 3. The summed E-state index contributed by atoms with van der Waals surface area (Å²) in [4.78, 5) is 25.3. The van der Waals surface area contributed by atoms with E-state index in [1.165, 1.54) is 4.90 Å². The molecule has 0 aromatic heterocycles. The summed E-state index contributed by atoms with van der Waals surface area (Å²) in [6.07, 6.45) is 11.6. The second-order valence-corrected chi connectivity index (χ2v) is 6.77. The average Bonchev–Trinajstić information content (AvgIpc) is 2.60. The number of carbonyl (C=O) groups excluding carboxylic acids is 2. The molecule has 1 saturated heterocycles. The molecule has 1 aliphatic heterocycles. The van der Waals surface area contributed by atoms with Gasteiger partial charge in [-0.3, -0.25) is 14.2 Å². The zero-order valence-corrected chi connectivity index (χ0v) is 14.3. The maximum absolute atomic E-state index is 12.2. The summed E-state index contributed by atoms with van der Waals surface area (Å²) in [7, 11) is 0. The summed E-state index contributed by atoms with van der Waals surface area (Å²) in [5.74, 6) is 5.17. The standard InChI is InChI=1S/C18H25N3O2/c1-7-11-21(12-8-2,14-15(3)4)13-9-10-20-16(22)18(5,6)19-17(20)23/h1-2H,3,9-14H2,4-6H3/p+1. The minimum absolute atomic E-state index is 0.200. The van der Waals surface area contributed by atoms with Crippen molar-refractivity contribution in [2.24, 2.45) is 0 Å². The first-order valence-electron chi connectivity index (χ1n) is 7.68. The highest BCUT2D eigenvalue weighted by atomic mass is 16.2. The molecule has 0 radical (unpaired) electrons. The van der Waals surface area contributed by atoms with Gasteiger partial charge in [0.1, 0.15) is 25.2 Å². The van der Waals surface area contributed by atoms with Gasteiger partial charge in [0, 0.05) is 13.0 Å². The van der Waals surface area contributed by atoms with Crippen LogP contribution in [0.2, 0.25) is 0 Å². The van der Waals surface area contributed by atoms with Crippen molar-refractivity contribution in [3.63, 3.8) is 0 Å². The molecule has 0 aromatic carbocycles. The summed E-state index contributed by atoms with van der Waals surface area (Å²) in [6.45, 7) is 12.0. The van der Waals surface area contributed by atoms with Gasteiger partial charge in [-0.1, -0.05) is 6.58 Å². The Kier molecular flexibility index (Phi) is 6.01. The smallest absolute Gasteiger partial charge is 0.324 e. The van der Waals surface area contributed by atoms with Gasteiger partial charge in [0.25, 0.3) is 5.91 Å². The second-order valence-electron chi connectivity index (χ2n) is 6.77. The van der Waals surface area contributed by atoms with Gasteiger partial charge in [-0.25, -0.2) is 4.79 Å². The zero-order chi connectivity index (χ0) is 17.7. The van der Waals surface area contributed by atoms with E-state index in [0.717, 1.165) is 5.57 Å². The van der Waals surface area contributed by atoms with Crippen molar-refractivity contribution in [2.75, 3.05) is 32.7 Å². The van der Waals surface area contributed by atoms with Gasteiger partial charge < -0.3 is 5.32 Å². The van der Waals surface area contributed by atoms with Crippen LogP contribution >= 0.6 is 0 Å². The fraction of sp³-hybridized carbons (Fsp3) is 0.556. The molecule has 1 rings (SSSR count). The number of urea groups is 1. The van der Waals surface area contributed by atoms with E-state index in [4.69, 9.17) is 12.8 Å². The largest absolute Gasteiger partial charge is 0.325 e. The Morgan fingerprint density at radius 3 is 2.26 bits per heavy atom. The minimum Gasteiger partial charge on any atom is -0.324 e. The molecular formula is C18H26N3O2+. The SMILES string of the molecule is C#CC[N+](CC#C)(CCCN1C(=O)NC(C)(C)C1=O)CC(=C)C. The lowest BCUT2D eigenvalue weighted by Gasteiger charge is -2.36. The second kappa shape index (κ2) is 7.35. The molecule has 124 valence electrons. The first kappa shape index (κ1) is 18.8. The molecule has 1 fully saturated rings. The fourth-order valence-corrected chi connectivity index (χ4v) is 2.95. The minimum atomic E-state index is -0.835. The van der Waals surface area contributed by atoms with Crippen LogP contribution in [0, 0.1) is 24.7 Å². The average molecular weight is 316 g/mol. The molecule has 23 heavy (non-hydrogen) atoms. The first-order chi connectivity index (χ1) is 10.7. The van der Waals surface area contributed by atoms with E-state index in [1.807, 2.05) is 6.92 Å². The fourth-order valence-electron chi connectivity index (χ4n) is 2.95. The lowest BCUT2D eigenvalue weighted by molar-refractivity contribution is -0.910. The van der Waals surface area contributed by atoms with Gasteiger partial charge in [-0.15, -0.1) is 12.8 Å². The number of quaternary nitrogens is 1. The Morgan fingerprint density at radius 1 is 1.30 bits per heavy atom. The highest BCUT2D eigenvalue weighted by molar-refractivity contribution is 6.06. The van der Waals surface area contributed by atoms with E-state index in [9.17, 15) is 9.59 Å². The predicted octanol–water partition coefficient (Wildman–Crippen LogP) is 1.37. The maximum Gasteiger partial charge on any atom is 0.325 e. The molecule has 1 N–H and O–H groups in total. The van der Waals surface area contributed by atoms with Crippen LogP contribution in [0.5, 0.6) is 0 Å². The highest BCUT2D eigenvalue weighted by Gasteiger charge is 2.44. The molecule has 0 aromatic rings. The molecular weight excluding hydrogens is 290 g/mol. The lowest BCUT2D eigenvalue weighted by atomic mass is 10.1. The van der Waals surface area contributed by atoms with Crippen molar-refractivity contribution < 1.29 is 14.1 Å². The summed E-state index contributed by atoms with van der Waals surface area (Å²) in [5.41, 5.74) is 0.171. The van der Waals surface area contributed by atoms with Gasteiger partial charge >= 0.3 is 6.03 Å². The van der Waals surface area contributed by atoms with Crippen LogP contribution in [0.3, 0.4) is 0 Å². The van der Waals surface area contributed by atoms with Crippen LogP contribution in [-0.2, 0) is 4.79 Å². The van der Waals surface area contributed by atoms with Crippen molar-refractivity contribution in [2.45, 2.75) is 32.7 Å². The number of nitrogens with zero attached hydrogens (tertiary/aromatic N) is 2. The van der Waals surface area contributed by atoms with Crippen LogP contribution < -0.4 is 5.32 Å². The molecule has 1 heterocycles. The van der Waals surface area contributed by atoms with E-state index in [0.29, 0.717) is 43.6 Å². The van der Waals surface area contributed by atoms with Crippen LogP contribution in [0.1, 0.15) is 27.2 Å². The van der Waals surface area contributed by atoms with Gasteiger partial charge in [-0.2, -0.15) is 0 Å². The lowest BCUT2D eigenvalue weighted by Crippen LogP contribution is -2.51. The first-order valence-corrected chi connectivity index (χ1v) is 7.68. The number of rotatable bonds is 8. The van der Waals surface area contributed by atoms with Crippen molar-refractivity contribution in [1.29, 1.82) is 0 Å². The maximum atomic E-state index is 12.2. The molecule has 0 aliphatic carbocycles. The van der Waals surface area contributed by atoms with Gasteiger partial charge in [-0.05, 0) is 38.2 Å². The van der Waals surface area contributed by atoms with Crippen molar-refractivity contribution in [3.8, 4) is 24.7 Å². The molecule has 5 heteroatoms. The third-order valence-corrected chi connectivity index (χ3v) is 3.92. The Labute approximate surface area is 139 Å². The quantitative estimate of drug-likeness (QED) is 0.318. The third kappa shape index (κ3) is 4.61. The van der Waals surface area contributed by atoms with E-state index >= 15 is 0 Å². The number of nitrogens with one attached hydrogen (secondary N) is 1. The topological polar surface area (TPSA) is 49.4 Å². The van der Waals surface area contributed by atoms with E-state index in [2.05, 4.69) is 23.7 Å². The van der Waals surface area contributed by atoms with Gasteiger partial charge in [0.15, 0.2) is 0 Å². The molecule has 0 spiro atoms. The Balaban J connectivity index is 2.74. The van der Waals surface area contributed by atoms with Crippen molar-refractivity contribution >= 4 is 11.9 Å². The zero-order valence-electron chi connectivity index (χ0n) is 14.3. The van der Waals surface area contributed by atoms with Crippen LogP contribution in [-0.4, -0.2) is 59.6 Å². The molecule has 3 amide bonds. The normalized spacial score (nSPS) is 16.7. The molecule has 5 nitrogen and oxygen atoms in total. The molecule has 0 bridgehead atoms. The molecule has 0 unspecified atom stereocenters. The molecule has 0 saturated carbocycles. The van der Waals surface area contributed by atoms with E-state index in [-0.39, 0.29) is 11.9 Å². The molecule has 1 aliphatic rings. The van der Waals surface area contributed by atoms with Crippen molar-refractivity contribution in [1.82, 2.24) is 10.2 Å². The Bertz CT molecular complexity index is 562. The van der Waals surface area contributed by atoms with Gasteiger partial charge in [0.05, 0.1) is 6.54 Å². The Morgan fingerprint density at radius 2 is 1.87 bits per heavy atom. The third-order valence-electron chi connectivity index (χ3n) is 3.92.